The van der Waals surface area contributed by atoms with Crippen molar-refractivity contribution in [1.29, 1.82) is 0 Å². The lowest BCUT2D eigenvalue weighted by Gasteiger charge is -1.88. The Hall–Kier alpha value is -1.99. The minimum absolute atomic E-state index is 0.0648. The fourth-order valence-corrected chi connectivity index (χ4v) is 0.735. The fourth-order valence-electron chi connectivity index (χ4n) is 0.735. The Bertz CT molecular complexity index is 311. The molecule has 0 bridgehead atoms. The summed E-state index contributed by atoms with van der Waals surface area (Å²) in [6.45, 7) is 1.26. The van der Waals surface area contributed by atoms with Crippen LogP contribution in [0.2, 0.25) is 0 Å². The Balaban J connectivity index is 3.22. The van der Waals surface area contributed by atoms with Gasteiger partial charge >= 0.3 is 11.6 Å². The van der Waals surface area contributed by atoms with Gasteiger partial charge in [0.2, 0.25) is 0 Å². The Labute approximate surface area is 65.5 Å². The third-order valence-corrected chi connectivity index (χ3v) is 1.31. The number of aromatic nitrogens is 2. The monoisotopic (exact) mass is 172 g/mol. The number of rotatable bonds is 2. The van der Waals surface area contributed by atoms with Gasteiger partial charge in [-0.1, -0.05) is 0 Å². The van der Waals surface area contributed by atoms with E-state index in [-0.39, 0.29) is 5.56 Å². The van der Waals surface area contributed by atoms with Crippen molar-refractivity contribution in [2.75, 3.05) is 0 Å². The maximum atomic E-state index is 10.2. The molecule has 0 fully saturated rings. The van der Waals surface area contributed by atoms with Gasteiger partial charge in [-0.05, 0) is 21.9 Å². The summed E-state index contributed by atoms with van der Waals surface area (Å²) < 4.78 is 0. The van der Waals surface area contributed by atoms with Crippen LogP contribution in [0.5, 0.6) is 0 Å². The minimum Gasteiger partial charge on any atom is -0.358 e. The molecule has 1 N–H and O–H groups in total. The molecule has 0 unspecified atom stereocenters. The van der Waals surface area contributed by atoms with Gasteiger partial charge in [0.1, 0.15) is 10.7 Å². The molecule has 1 aromatic heterocycles. The molecule has 8 heteroatoms. The van der Waals surface area contributed by atoms with Crippen molar-refractivity contribution in [3.63, 3.8) is 0 Å². The van der Waals surface area contributed by atoms with Crippen LogP contribution in [-0.2, 0) is 0 Å². The Kier molecular flexibility index (Phi) is 1.73. The van der Waals surface area contributed by atoms with E-state index in [9.17, 15) is 20.2 Å². The molecule has 0 radical (unpaired) electrons. The van der Waals surface area contributed by atoms with Crippen molar-refractivity contribution in [2.24, 2.45) is 0 Å². The van der Waals surface area contributed by atoms with E-state index in [1.807, 2.05) is 5.10 Å². The number of H-pyrrole nitrogens is 1. The Morgan fingerprint density at radius 2 is 1.92 bits per heavy atom. The highest BCUT2D eigenvalue weighted by atomic mass is 16.6. The van der Waals surface area contributed by atoms with Gasteiger partial charge in [-0.15, -0.1) is 0 Å². The highest BCUT2D eigenvalue weighted by Crippen LogP contribution is 2.22. The van der Waals surface area contributed by atoms with Crippen LogP contribution < -0.4 is 0 Å². The summed E-state index contributed by atoms with van der Waals surface area (Å²) in [6.07, 6.45) is 0. The first kappa shape index (κ1) is 8.11. The van der Waals surface area contributed by atoms with Crippen LogP contribution >= 0.6 is 0 Å². The second kappa shape index (κ2) is 2.57. The van der Waals surface area contributed by atoms with Gasteiger partial charge < -0.3 is 20.2 Å². The molecule has 0 saturated carbocycles. The van der Waals surface area contributed by atoms with Crippen LogP contribution in [-0.4, -0.2) is 20.0 Å². The van der Waals surface area contributed by atoms with Gasteiger partial charge in [0.05, 0.1) is 0 Å². The number of hydrogen-bond donors (Lipinski definition) is 1. The van der Waals surface area contributed by atoms with Crippen molar-refractivity contribution in [3.8, 4) is 0 Å². The van der Waals surface area contributed by atoms with Crippen LogP contribution in [0.15, 0.2) is 0 Å². The molecule has 0 saturated heterocycles. The number of aromatic amines is 1. The molecule has 1 rings (SSSR count). The van der Waals surface area contributed by atoms with Crippen molar-refractivity contribution in [2.45, 2.75) is 6.92 Å². The molecule has 64 valence electrons. The highest BCUT2D eigenvalue weighted by Gasteiger charge is 2.27. The molecule has 0 aliphatic carbocycles. The number of nitrogens with zero attached hydrogens (tertiary/aromatic N) is 3. The van der Waals surface area contributed by atoms with Crippen LogP contribution in [0.25, 0.3) is 0 Å². The van der Waals surface area contributed by atoms with E-state index >= 15 is 0 Å². The molecular weight excluding hydrogens is 168 g/mol. The molecule has 12 heavy (non-hydrogen) atoms. The summed E-state index contributed by atoms with van der Waals surface area (Å²) in [5.41, 5.74) is -0.0648. The lowest BCUT2D eigenvalue weighted by atomic mass is 10.3. The number of hydrogen-bond acceptors (Lipinski definition) is 5. The molecule has 0 spiro atoms. The summed E-state index contributed by atoms with van der Waals surface area (Å²) in [5, 5.41) is 25.5. The second-order valence-corrected chi connectivity index (χ2v) is 2.04. The van der Waals surface area contributed by atoms with Crippen molar-refractivity contribution < 1.29 is 9.85 Å². The van der Waals surface area contributed by atoms with E-state index < -0.39 is 21.5 Å². The average molecular weight is 172 g/mol. The van der Waals surface area contributed by atoms with E-state index in [1.165, 1.54) is 6.92 Å². The third-order valence-electron chi connectivity index (χ3n) is 1.31. The molecule has 0 aliphatic rings. The van der Waals surface area contributed by atoms with E-state index in [0.717, 1.165) is 0 Å². The summed E-state index contributed by atoms with van der Waals surface area (Å²) >= 11 is 0. The third kappa shape index (κ3) is 1.09. The minimum atomic E-state index is -0.779. The largest absolute Gasteiger partial charge is 0.423 e. The zero-order valence-corrected chi connectivity index (χ0v) is 5.97. The normalized spacial score (nSPS) is 9.75. The van der Waals surface area contributed by atoms with Crippen LogP contribution in [0.3, 0.4) is 0 Å². The summed E-state index contributed by atoms with van der Waals surface area (Å²) in [7, 11) is 0. The second-order valence-electron chi connectivity index (χ2n) is 2.04. The smallest absolute Gasteiger partial charge is 0.358 e. The topological polar surface area (TPSA) is 115 Å². The highest BCUT2D eigenvalue weighted by molar-refractivity contribution is 5.42. The first-order valence-corrected chi connectivity index (χ1v) is 2.87. The van der Waals surface area contributed by atoms with Crippen molar-refractivity contribution in [3.05, 3.63) is 25.8 Å². The first-order chi connectivity index (χ1) is 5.54. The summed E-state index contributed by atoms with van der Waals surface area (Å²) in [4.78, 5) is 18.8. The maximum absolute atomic E-state index is 10.2. The first-order valence-electron chi connectivity index (χ1n) is 2.87. The zero-order chi connectivity index (χ0) is 9.30. The predicted molar refractivity (Wildman–Crippen MR) is 36.6 cm³/mol. The van der Waals surface area contributed by atoms with E-state index in [1.54, 1.807) is 0 Å². The summed E-state index contributed by atoms with van der Waals surface area (Å²) in [6, 6.07) is 0. The van der Waals surface area contributed by atoms with Crippen molar-refractivity contribution in [1.82, 2.24) is 10.2 Å². The number of nitrogens with one attached hydrogen (secondary N) is 1. The lowest BCUT2D eigenvalue weighted by Crippen LogP contribution is -1.91. The quantitative estimate of drug-likeness (QED) is 0.516. The van der Waals surface area contributed by atoms with Gasteiger partial charge in [-0.3, -0.25) is 0 Å². The SMILES string of the molecule is Cc1c([N+](=O)[O-])n[nH]c1[N+](=O)[O-]. The van der Waals surface area contributed by atoms with E-state index in [4.69, 9.17) is 0 Å². The molecule has 0 atom stereocenters. The van der Waals surface area contributed by atoms with Gasteiger partial charge in [0.15, 0.2) is 0 Å². The van der Waals surface area contributed by atoms with Crippen LogP contribution in [0.1, 0.15) is 5.56 Å². The van der Waals surface area contributed by atoms with Gasteiger partial charge in [0.25, 0.3) is 0 Å². The molecule has 1 heterocycles. The fraction of sp³-hybridized carbons (Fsp3) is 0.250. The lowest BCUT2D eigenvalue weighted by molar-refractivity contribution is -0.395. The molecule has 0 aromatic carbocycles. The van der Waals surface area contributed by atoms with E-state index in [0.29, 0.717) is 0 Å². The Morgan fingerprint density at radius 3 is 2.17 bits per heavy atom. The molecule has 8 nitrogen and oxygen atoms in total. The van der Waals surface area contributed by atoms with E-state index in [2.05, 4.69) is 5.10 Å². The summed E-state index contributed by atoms with van der Waals surface area (Å²) in [5.74, 6) is -0.955. The molecule has 0 amide bonds. The number of nitro groups is 2. The average Bonchev–Trinajstić information content (AvgIpc) is 2.30. The molecular formula is C4H4N4O4. The molecule has 1 aromatic rings. The van der Waals surface area contributed by atoms with Crippen LogP contribution in [0.4, 0.5) is 11.6 Å². The van der Waals surface area contributed by atoms with Gasteiger partial charge in [0, 0.05) is 0 Å². The standard InChI is InChI=1S/C4H4N4O4/c1-2-3(7(9)10)5-6-4(2)8(11)12/h1H3,(H,5,6). The Morgan fingerprint density at radius 1 is 1.33 bits per heavy atom. The zero-order valence-electron chi connectivity index (χ0n) is 5.97. The van der Waals surface area contributed by atoms with Crippen LogP contribution in [0, 0.1) is 27.2 Å². The maximum Gasteiger partial charge on any atom is 0.423 e. The van der Waals surface area contributed by atoms with Gasteiger partial charge in [-0.25, -0.2) is 0 Å². The van der Waals surface area contributed by atoms with Gasteiger partial charge in [-0.2, -0.15) is 0 Å². The molecule has 0 aliphatic heterocycles. The van der Waals surface area contributed by atoms with Crippen molar-refractivity contribution >= 4 is 11.6 Å². The predicted octanol–water partition coefficient (Wildman–Crippen LogP) is 0.535.